The molecular formula is C17H18N2O. The van der Waals surface area contributed by atoms with Crippen molar-refractivity contribution in [2.24, 2.45) is 5.10 Å². The third kappa shape index (κ3) is 3.54. The van der Waals surface area contributed by atoms with Crippen LogP contribution < -0.4 is 5.43 Å². The molecule has 2 aromatic rings. The molecule has 0 saturated heterocycles. The molecule has 0 atom stereocenters. The van der Waals surface area contributed by atoms with Crippen molar-refractivity contribution in [3.63, 3.8) is 0 Å². The van der Waals surface area contributed by atoms with Crippen molar-refractivity contribution in [1.29, 1.82) is 0 Å². The van der Waals surface area contributed by atoms with E-state index in [2.05, 4.69) is 10.5 Å². The van der Waals surface area contributed by atoms with E-state index in [9.17, 15) is 4.79 Å². The summed E-state index contributed by atoms with van der Waals surface area (Å²) in [4.78, 5) is 11.9. The molecule has 0 saturated carbocycles. The number of carbonyl (C=O) groups is 1. The van der Waals surface area contributed by atoms with E-state index in [4.69, 9.17) is 0 Å². The van der Waals surface area contributed by atoms with Crippen molar-refractivity contribution in [3.8, 4) is 11.1 Å². The Hall–Kier alpha value is -2.42. The Morgan fingerprint density at radius 2 is 1.60 bits per heavy atom. The normalized spacial score (nSPS) is 11.2. The van der Waals surface area contributed by atoms with E-state index in [1.54, 1.807) is 0 Å². The first-order valence-corrected chi connectivity index (χ1v) is 6.69. The fourth-order valence-corrected chi connectivity index (χ4v) is 1.73. The molecule has 2 aromatic carbocycles. The zero-order valence-corrected chi connectivity index (χ0v) is 11.8. The van der Waals surface area contributed by atoms with Crippen LogP contribution in [0.1, 0.15) is 30.6 Å². The molecule has 0 aliphatic rings. The van der Waals surface area contributed by atoms with Gasteiger partial charge in [-0.3, -0.25) is 4.79 Å². The van der Waals surface area contributed by atoms with Crippen molar-refractivity contribution in [2.45, 2.75) is 20.3 Å². The summed E-state index contributed by atoms with van der Waals surface area (Å²) < 4.78 is 0. The van der Waals surface area contributed by atoms with Gasteiger partial charge in [-0.15, -0.1) is 0 Å². The molecule has 1 N–H and O–H groups in total. The van der Waals surface area contributed by atoms with E-state index in [-0.39, 0.29) is 5.91 Å². The highest BCUT2D eigenvalue weighted by Crippen LogP contribution is 2.19. The van der Waals surface area contributed by atoms with Gasteiger partial charge in [0.1, 0.15) is 0 Å². The number of nitrogens with zero attached hydrogens (tertiary/aromatic N) is 1. The van der Waals surface area contributed by atoms with E-state index in [1.807, 2.05) is 68.4 Å². The van der Waals surface area contributed by atoms with Crippen molar-refractivity contribution in [3.05, 3.63) is 60.2 Å². The molecule has 0 radical (unpaired) electrons. The Labute approximate surface area is 119 Å². The molecule has 0 heterocycles. The zero-order valence-electron chi connectivity index (χ0n) is 11.8. The highest BCUT2D eigenvalue weighted by molar-refractivity contribution is 5.95. The first kappa shape index (κ1) is 14.0. The second-order valence-electron chi connectivity index (χ2n) is 4.58. The topological polar surface area (TPSA) is 41.5 Å². The van der Waals surface area contributed by atoms with Gasteiger partial charge in [-0.1, -0.05) is 49.4 Å². The standard InChI is InChI=1S/C17H18N2O/c1-3-13(2)18-19-17(20)16-11-9-15(10-12-16)14-7-5-4-6-8-14/h4-12H,3H2,1-2H3,(H,19,20)/b18-13-. The molecule has 0 aliphatic carbocycles. The van der Waals surface area contributed by atoms with Crippen LogP contribution in [0.2, 0.25) is 0 Å². The van der Waals surface area contributed by atoms with E-state index in [0.717, 1.165) is 23.3 Å². The van der Waals surface area contributed by atoms with Gasteiger partial charge >= 0.3 is 0 Å². The molecular weight excluding hydrogens is 248 g/mol. The Morgan fingerprint density at radius 1 is 1.00 bits per heavy atom. The Bertz CT molecular complexity index is 601. The molecule has 20 heavy (non-hydrogen) atoms. The minimum Gasteiger partial charge on any atom is -0.267 e. The fourth-order valence-electron chi connectivity index (χ4n) is 1.73. The lowest BCUT2D eigenvalue weighted by molar-refractivity contribution is 0.0954. The van der Waals surface area contributed by atoms with Gasteiger partial charge in [-0.2, -0.15) is 5.10 Å². The lowest BCUT2D eigenvalue weighted by atomic mass is 10.0. The summed E-state index contributed by atoms with van der Waals surface area (Å²) in [7, 11) is 0. The van der Waals surface area contributed by atoms with Crippen LogP contribution in [-0.2, 0) is 0 Å². The zero-order chi connectivity index (χ0) is 14.4. The van der Waals surface area contributed by atoms with Crippen LogP contribution in [0.15, 0.2) is 59.7 Å². The van der Waals surface area contributed by atoms with Crippen LogP contribution >= 0.6 is 0 Å². The number of nitrogens with one attached hydrogen (secondary N) is 1. The largest absolute Gasteiger partial charge is 0.271 e. The van der Waals surface area contributed by atoms with Gasteiger partial charge in [0.25, 0.3) is 5.91 Å². The number of hydrogen-bond donors (Lipinski definition) is 1. The van der Waals surface area contributed by atoms with Crippen LogP contribution in [0.25, 0.3) is 11.1 Å². The average molecular weight is 266 g/mol. The number of rotatable bonds is 4. The van der Waals surface area contributed by atoms with Crippen LogP contribution in [0, 0.1) is 0 Å². The monoisotopic (exact) mass is 266 g/mol. The number of amides is 1. The summed E-state index contributed by atoms with van der Waals surface area (Å²) in [5, 5.41) is 4.02. The predicted molar refractivity (Wildman–Crippen MR) is 82.7 cm³/mol. The molecule has 3 nitrogen and oxygen atoms in total. The highest BCUT2D eigenvalue weighted by atomic mass is 16.2. The number of benzene rings is 2. The quantitative estimate of drug-likeness (QED) is 0.662. The van der Waals surface area contributed by atoms with Crippen LogP contribution in [0.3, 0.4) is 0 Å². The molecule has 0 aliphatic heterocycles. The van der Waals surface area contributed by atoms with Gasteiger partial charge in [-0.25, -0.2) is 5.43 Å². The molecule has 0 bridgehead atoms. The summed E-state index contributed by atoms with van der Waals surface area (Å²) >= 11 is 0. The van der Waals surface area contributed by atoms with E-state index in [1.165, 1.54) is 0 Å². The molecule has 0 aromatic heterocycles. The van der Waals surface area contributed by atoms with Gasteiger partial charge in [0, 0.05) is 11.3 Å². The molecule has 0 spiro atoms. The van der Waals surface area contributed by atoms with Crippen LogP contribution in [0.5, 0.6) is 0 Å². The fraction of sp³-hybridized carbons (Fsp3) is 0.176. The smallest absolute Gasteiger partial charge is 0.267 e. The van der Waals surface area contributed by atoms with Crippen molar-refractivity contribution >= 4 is 11.6 Å². The maximum Gasteiger partial charge on any atom is 0.271 e. The maximum atomic E-state index is 11.9. The van der Waals surface area contributed by atoms with Crippen molar-refractivity contribution in [2.75, 3.05) is 0 Å². The predicted octanol–water partition coefficient (Wildman–Crippen LogP) is 3.87. The average Bonchev–Trinajstić information content (AvgIpc) is 2.53. The first-order valence-electron chi connectivity index (χ1n) is 6.69. The van der Waals surface area contributed by atoms with Gasteiger partial charge in [0.15, 0.2) is 0 Å². The summed E-state index contributed by atoms with van der Waals surface area (Å²) in [6.45, 7) is 3.89. The van der Waals surface area contributed by atoms with E-state index in [0.29, 0.717) is 5.56 Å². The summed E-state index contributed by atoms with van der Waals surface area (Å²) in [5.74, 6) is -0.183. The number of hydrazone groups is 1. The van der Waals surface area contributed by atoms with Gasteiger partial charge in [-0.05, 0) is 36.6 Å². The van der Waals surface area contributed by atoms with E-state index >= 15 is 0 Å². The van der Waals surface area contributed by atoms with Crippen LogP contribution in [0.4, 0.5) is 0 Å². The Kier molecular flexibility index (Phi) is 4.66. The third-order valence-electron chi connectivity index (χ3n) is 3.11. The molecule has 2 rings (SSSR count). The Morgan fingerprint density at radius 3 is 2.20 bits per heavy atom. The first-order chi connectivity index (χ1) is 9.70. The molecule has 0 fully saturated rings. The van der Waals surface area contributed by atoms with Gasteiger partial charge in [0.05, 0.1) is 0 Å². The minimum atomic E-state index is -0.183. The minimum absolute atomic E-state index is 0.183. The number of hydrogen-bond acceptors (Lipinski definition) is 2. The third-order valence-corrected chi connectivity index (χ3v) is 3.11. The maximum absolute atomic E-state index is 11.9. The molecule has 1 amide bonds. The highest BCUT2D eigenvalue weighted by Gasteiger charge is 2.04. The Balaban J connectivity index is 2.11. The molecule has 3 heteroatoms. The second kappa shape index (κ2) is 6.66. The SMILES string of the molecule is CC/C(C)=N\NC(=O)c1ccc(-c2ccccc2)cc1. The molecule has 0 unspecified atom stereocenters. The summed E-state index contributed by atoms with van der Waals surface area (Å²) in [6, 6.07) is 17.6. The summed E-state index contributed by atoms with van der Waals surface area (Å²) in [6.07, 6.45) is 0.827. The van der Waals surface area contributed by atoms with Crippen molar-refractivity contribution in [1.82, 2.24) is 5.43 Å². The van der Waals surface area contributed by atoms with Gasteiger partial charge < -0.3 is 0 Å². The summed E-state index contributed by atoms with van der Waals surface area (Å²) in [5.41, 5.74) is 6.30. The van der Waals surface area contributed by atoms with Crippen LogP contribution in [-0.4, -0.2) is 11.6 Å². The lowest BCUT2D eigenvalue weighted by Crippen LogP contribution is -2.18. The van der Waals surface area contributed by atoms with Crippen molar-refractivity contribution < 1.29 is 4.79 Å². The van der Waals surface area contributed by atoms with Gasteiger partial charge in [0.2, 0.25) is 0 Å². The molecule has 102 valence electrons. The number of carbonyl (C=O) groups excluding carboxylic acids is 1. The second-order valence-corrected chi connectivity index (χ2v) is 4.58. The van der Waals surface area contributed by atoms with E-state index < -0.39 is 0 Å². The lowest BCUT2D eigenvalue weighted by Gasteiger charge is -2.04.